The summed E-state index contributed by atoms with van der Waals surface area (Å²) >= 11 is 1.28. The average Bonchev–Trinajstić information content (AvgIpc) is 2.74. The molecule has 1 N–H and O–H groups in total. The van der Waals surface area contributed by atoms with E-state index in [0.29, 0.717) is 42.2 Å². The molecule has 7 heteroatoms. The second kappa shape index (κ2) is 10.4. The van der Waals surface area contributed by atoms with E-state index in [9.17, 15) is 9.59 Å². The molecule has 2 aromatic carbocycles. The molecule has 1 aromatic heterocycles. The van der Waals surface area contributed by atoms with Crippen LogP contribution in [0, 0.1) is 13.8 Å². The molecule has 1 heterocycles. The number of nitrogens with zero attached hydrogens (tertiary/aromatic N) is 2. The minimum atomic E-state index is -0.124. The SMILES string of the molecule is CCOCCCn1c(SCC(=O)Nc2c(C)cccc2C)nc2ccccc2c1=O. The second-order valence-corrected chi connectivity index (χ2v) is 7.96. The zero-order valence-electron chi connectivity index (χ0n) is 17.6. The van der Waals surface area contributed by atoms with Crippen molar-refractivity contribution in [2.45, 2.75) is 38.9 Å². The van der Waals surface area contributed by atoms with Gasteiger partial charge in [0.15, 0.2) is 5.16 Å². The summed E-state index contributed by atoms with van der Waals surface area (Å²) in [6, 6.07) is 13.2. The van der Waals surface area contributed by atoms with E-state index in [1.165, 1.54) is 11.8 Å². The average molecular weight is 426 g/mol. The Morgan fingerprint density at radius 2 is 1.87 bits per heavy atom. The summed E-state index contributed by atoms with van der Waals surface area (Å²) in [4.78, 5) is 30.2. The minimum absolute atomic E-state index is 0.0882. The van der Waals surface area contributed by atoms with Gasteiger partial charge in [0, 0.05) is 25.4 Å². The number of aromatic nitrogens is 2. The molecule has 0 saturated heterocycles. The number of ether oxygens (including phenoxy) is 1. The van der Waals surface area contributed by atoms with E-state index in [0.717, 1.165) is 16.8 Å². The lowest BCUT2D eigenvalue weighted by atomic mass is 10.1. The van der Waals surface area contributed by atoms with Crippen LogP contribution in [-0.4, -0.2) is 34.4 Å². The number of aryl methyl sites for hydroxylation is 2. The Labute approximate surface area is 180 Å². The maximum atomic E-state index is 13.0. The van der Waals surface area contributed by atoms with Gasteiger partial charge in [0.2, 0.25) is 5.91 Å². The maximum absolute atomic E-state index is 13.0. The van der Waals surface area contributed by atoms with E-state index < -0.39 is 0 Å². The highest BCUT2D eigenvalue weighted by Gasteiger charge is 2.14. The van der Waals surface area contributed by atoms with Crippen molar-refractivity contribution in [3.63, 3.8) is 0 Å². The fourth-order valence-corrected chi connectivity index (χ4v) is 4.07. The number of carbonyl (C=O) groups is 1. The number of anilines is 1. The first-order chi connectivity index (χ1) is 14.5. The number of thioether (sulfide) groups is 1. The zero-order chi connectivity index (χ0) is 21.5. The number of hydrogen-bond donors (Lipinski definition) is 1. The molecule has 0 radical (unpaired) electrons. The van der Waals surface area contributed by atoms with Gasteiger partial charge in [0.05, 0.1) is 16.7 Å². The lowest BCUT2D eigenvalue weighted by Gasteiger charge is -2.14. The normalized spacial score (nSPS) is 11.0. The van der Waals surface area contributed by atoms with Crippen LogP contribution in [0.25, 0.3) is 10.9 Å². The fraction of sp³-hybridized carbons (Fsp3) is 0.348. The molecule has 1 amide bonds. The van der Waals surface area contributed by atoms with Crippen LogP contribution in [0.4, 0.5) is 5.69 Å². The van der Waals surface area contributed by atoms with Crippen molar-refractivity contribution < 1.29 is 9.53 Å². The van der Waals surface area contributed by atoms with Gasteiger partial charge in [-0.15, -0.1) is 0 Å². The van der Waals surface area contributed by atoms with E-state index in [2.05, 4.69) is 10.3 Å². The van der Waals surface area contributed by atoms with Crippen molar-refractivity contribution >= 4 is 34.3 Å². The summed E-state index contributed by atoms with van der Waals surface area (Å²) < 4.78 is 7.05. The number of nitrogens with one attached hydrogen (secondary N) is 1. The Morgan fingerprint density at radius 1 is 1.13 bits per heavy atom. The highest BCUT2D eigenvalue weighted by atomic mass is 32.2. The van der Waals surface area contributed by atoms with Gasteiger partial charge in [-0.2, -0.15) is 0 Å². The van der Waals surface area contributed by atoms with Crippen LogP contribution in [0.15, 0.2) is 52.4 Å². The Hall–Kier alpha value is -2.64. The van der Waals surface area contributed by atoms with Gasteiger partial charge in [-0.25, -0.2) is 4.98 Å². The number of carbonyl (C=O) groups excluding carboxylic acids is 1. The number of benzene rings is 2. The summed E-state index contributed by atoms with van der Waals surface area (Å²) in [6.07, 6.45) is 0.704. The number of rotatable bonds is 9. The quantitative estimate of drug-likeness (QED) is 0.316. The molecule has 30 heavy (non-hydrogen) atoms. The molecule has 0 atom stereocenters. The first kappa shape index (κ1) is 22.1. The van der Waals surface area contributed by atoms with Gasteiger partial charge < -0.3 is 10.1 Å². The van der Waals surface area contributed by atoms with E-state index >= 15 is 0 Å². The predicted octanol–water partition coefficient (Wildman–Crippen LogP) is 4.17. The van der Waals surface area contributed by atoms with Crippen LogP contribution in [0.1, 0.15) is 24.5 Å². The number of fused-ring (bicyclic) bond motifs is 1. The highest BCUT2D eigenvalue weighted by molar-refractivity contribution is 7.99. The molecule has 0 aliphatic heterocycles. The summed E-state index contributed by atoms with van der Waals surface area (Å²) in [7, 11) is 0. The first-order valence-electron chi connectivity index (χ1n) is 10.1. The topological polar surface area (TPSA) is 73.2 Å². The van der Waals surface area contributed by atoms with Gasteiger partial charge in [-0.3, -0.25) is 14.2 Å². The van der Waals surface area contributed by atoms with E-state index in [4.69, 9.17) is 4.74 Å². The second-order valence-electron chi connectivity index (χ2n) is 7.02. The molecular weight excluding hydrogens is 398 g/mol. The third-order valence-electron chi connectivity index (χ3n) is 4.78. The molecular formula is C23H27N3O3S. The molecule has 6 nitrogen and oxygen atoms in total. The lowest BCUT2D eigenvalue weighted by molar-refractivity contribution is -0.113. The van der Waals surface area contributed by atoms with E-state index in [1.807, 2.05) is 57.2 Å². The molecule has 0 unspecified atom stereocenters. The Bertz CT molecular complexity index is 1070. The Morgan fingerprint density at radius 3 is 2.60 bits per heavy atom. The van der Waals surface area contributed by atoms with Crippen LogP contribution in [0.3, 0.4) is 0 Å². The monoisotopic (exact) mass is 425 g/mol. The van der Waals surface area contributed by atoms with Gasteiger partial charge in [0.1, 0.15) is 0 Å². The first-order valence-corrected chi connectivity index (χ1v) is 11.1. The van der Waals surface area contributed by atoms with Crippen LogP contribution in [0.5, 0.6) is 0 Å². The van der Waals surface area contributed by atoms with Crippen molar-refractivity contribution in [1.82, 2.24) is 9.55 Å². The smallest absolute Gasteiger partial charge is 0.262 e. The summed E-state index contributed by atoms with van der Waals surface area (Å²) in [5.41, 5.74) is 3.43. The lowest BCUT2D eigenvalue weighted by Crippen LogP contribution is -2.25. The van der Waals surface area contributed by atoms with Crippen molar-refractivity contribution in [2.75, 3.05) is 24.3 Å². The summed E-state index contributed by atoms with van der Waals surface area (Å²) in [6.45, 7) is 7.60. The number of hydrogen-bond acceptors (Lipinski definition) is 5. The molecule has 0 fully saturated rings. The van der Waals surface area contributed by atoms with Gasteiger partial charge in [-0.1, -0.05) is 42.1 Å². The largest absolute Gasteiger partial charge is 0.382 e. The van der Waals surface area contributed by atoms with Crippen molar-refractivity contribution in [3.8, 4) is 0 Å². The molecule has 0 aliphatic rings. The van der Waals surface area contributed by atoms with Crippen LogP contribution < -0.4 is 10.9 Å². The van der Waals surface area contributed by atoms with Crippen molar-refractivity contribution in [2.24, 2.45) is 0 Å². The van der Waals surface area contributed by atoms with E-state index in [-0.39, 0.29) is 17.2 Å². The predicted molar refractivity (Wildman–Crippen MR) is 122 cm³/mol. The van der Waals surface area contributed by atoms with Crippen LogP contribution >= 0.6 is 11.8 Å². The van der Waals surface area contributed by atoms with Gasteiger partial charge in [0.25, 0.3) is 5.56 Å². The zero-order valence-corrected chi connectivity index (χ0v) is 18.4. The third kappa shape index (κ3) is 5.29. The Kier molecular flexibility index (Phi) is 7.65. The summed E-state index contributed by atoms with van der Waals surface area (Å²) in [5, 5.41) is 4.11. The van der Waals surface area contributed by atoms with E-state index in [1.54, 1.807) is 10.6 Å². The molecule has 0 saturated carbocycles. The molecule has 158 valence electrons. The molecule has 0 spiro atoms. The highest BCUT2D eigenvalue weighted by Crippen LogP contribution is 2.22. The minimum Gasteiger partial charge on any atom is -0.382 e. The van der Waals surface area contributed by atoms with Gasteiger partial charge in [-0.05, 0) is 50.5 Å². The van der Waals surface area contributed by atoms with Crippen molar-refractivity contribution in [3.05, 3.63) is 63.9 Å². The van der Waals surface area contributed by atoms with Crippen molar-refractivity contribution in [1.29, 1.82) is 0 Å². The van der Waals surface area contributed by atoms with Gasteiger partial charge >= 0.3 is 0 Å². The molecule has 0 aliphatic carbocycles. The Balaban J connectivity index is 1.79. The summed E-state index contributed by atoms with van der Waals surface area (Å²) in [5.74, 6) is 0.0463. The molecule has 0 bridgehead atoms. The third-order valence-corrected chi connectivity index (χ3v) is 5.76. The van der Waals surface area contributed by atoms with Crippen LogP contribution in [-0.2, 0) is 16.1 Å². The maximum Gasteiger partial charge on any atom is 0.262 e. The number of amides is 1. The van der Waals surface area contributed by atoms with Crippen LogP contribution in [0.2, 0.25) is 0 Å². The molecule has 3 rings (SSSR count). The fourth-order valence-electron chi connectivity index (χ4n) is 3.24. The number of para-hydroxylation sites is 2. The standard InChI is InChI=1S/C23H27N3O3S/c1-4-29-14-8-13-26-22(28)18-11-5-6-12-19(18)24-23(26)30-15-20(27)25-21-16(2)9-7-10-17(21)3/h5-7,9-12H,4,8,13-15H2,1-3H3,(H,25,27). The molecule has 3 aromatic rings.